The van der Waals surface area contributed by atoms with Gasteiger partial charge in [-0.25, -0.2) is 0 Å². The van der Waals surface area contributed by atoms with E-state index in [0.29, 0.717) is 17.8 Å². The van der Waals surface area contributed by atoms with Crippen molar-refractivity contribution in [1.29, 1.82) is 0 Å². The molecule has 2 heteroatoms. The number of phenolic OH excluding ortho intramolecular Hbond substituents is 1. The molecule has 0 unspecified atom stereocenters. The molecule has 2 saturated carbocycles. The van der Waals surface area contributed by atoms with Crippen LogP contribution in [0, 0.1) is 24.1 Å². The minimum Gasteiger partial charge on any atom is -0.508 e. The van der Waals surface area contributed by atoms with Gasteiger partial charge in [0, 0.05) is 4.11 Å². The predicted octanol–water partition coefficient (Wildman–Crippen LogP) is 3.92. The van der Waals surface area contributed by atoms with Crippen LogP contribution in [0.1, 0.15) is 65.7 Å². The van der Waals surface area contributed by atoms with E-state index in [4.69, 9.17) is 4.11 Å². The second kappa shape index (κ2) is 4.49. The van der Waals surface area contributed by atoms with Gasteiger partial charge in [0.25, 0.3) is 0 Å². The van der Waals surface area contributed by atoms with E-state index in [1.807, 2.05) is 6.07 Å². The number of hydrogen-bond acceptors (Lipinski definition) is 2. The van der Waals surface area contributed by atoms with E-state index in [-0.39, 0.29) is 22.8 Å². The standard InChI is InChI=1S/C19H26O2/c1-11-12-3-4-15-14(13(12)5-7-17(11)20)9-10-19(2)16(15)6-8-18(19)21/h5,7,14-16,18,20-21H,3-4,6,8-10H2,1-2H3/t14-,15-,16+,18+,19+/m1/s1/i1D3. The normalized spacial score (nSPS) is 44.0. The van der Waals surface area contributed by atoms with Crippen LogP contribution < -0.4 is 0 Å². The summed E-state index contributed by atoms with van der Waals surface area (Å²) in [6.45, 7) is -0.0270. The molecule has 4 rings (SSSR count). The molecule has 3 aliphatic carbocycles. The summed E-state index contributed by atoms with van der Waals surface area (Å²) in [5.41, 5.74) is 2.19. The van der Waals surface area contributed by atoms with Crippen molar-refractivity contribution in [2.45, 2.75) is 64.3 Å². The van der Waals surface area contributed by atoms with Crippen molar-refractivity contribution < 1.29 is 14.3 Å². The SMILES string of the molecule is [2H]C([2H])([2H])c1c(O)ccc2c1CC[C@@H]1[C@@H]2CC[C@]2(C)[C@@H](O)CC[C@@H]12. The van der Waals surface area contributed by atoms with Crippen molar-refractivity contribution in [3.63, 3.8) is 0 Å². The van der Waals surface area contributed by atoms with Gasteiger partial charge in [0.2, 0.25) is 0 Å². The molecule has 3 aliphatic rings. The molecule has 21 heavy (non-hydrogen) atoms. The van der Waals surface area contributed by atoms with Gasteiger partial charge in [0.05, 0.1) is 6.10 Å². The summed E-state index contributed by atoms with van der Waals surface area (Å²) in [5.74, 6) is 1.34. The third-order valence-electron chi connectivity index (χ3n) is 6.84. The third-order valence-corrected chi connectivity index (χ3v) is 6.84. The summed E-state index contributed by atoms with van der Waals surface area (Å²) in [4.78, 5) is 0. The zero-order valence-electron chi connectivity index (χ0n) is 15.6. The highest BCUT2D eigenvalue weighted by molar-refractivity contribution is 5.47. The highest BCUT2D eigenvalue weighted by Gasteiger charge is 2.54. The smallest absolute Gasteiger partial charge is 0.118 e. The maximum atomic E-state index is 10.4. The fraction of sp³-hybridized carbons (Fsp3) is 0.684. The van der Waals surface area contributed by atoms with Gasteiger partial charge in [0.15, 0.2) is 0 Å². The second-order valence-corrected chi connectivity index (χ2v) is 7.58. The van der Waals surface area contributed by atoms with Gasteiger partial charge in [-0.05, 0) is 91.3 Å². The molecular weight excluding hydrogens is 260 g/mol. The molecular formula is C19H26O2. The lowest BCUT2D eigenvalue weighted by atomic mass is 9.55. The van der Waals surface area contributed by atoms with Crippen LogP contribution in [0.2, 0.25) is 0 Å². The highest BCUT2D eigenvalue weighted by Crippen LogP contribution is 2.61. The number of benzene rings is 1. The van der Waals surface area contributed by atoms with Crippen molar-refractivity contribution >= 4 is 0 Å². The second-order valence-electron chi connectivity index (χ2n) is 7.58. The van der Waals surface area contributed by atoms with Crippen LogP contribution in [0.4, 0.5) is 0 Å². The van der Waals surface area contributed by atoms with E-state index >= 15 is 0 Å². The van der Waals surface area contributed by atoms with Crippen LogP contribution in [-0.4, -0.2) is 16.3 Å². The third kappa shape index (κ3) is 1.75. The van der Waals surface area contributed by atoms with Crippen molar-refractivity contribution in [2.75, 3.05) is 0 Å². The molecule has 0 aromatic heterocycles. The molecule has 114 valence electrons. The number of rotatable bonds is 0. The summed E-state index contributed by atoms with van der Waals surface area (Å²) in [6, 6.07) is 3.52. The van der Waals surface area contributed by atoms with E-state index < -0.39 is 6.85 Å². The Morgan fingerprint density at radius 3 is 2.90 bits per heavy atom. The Hall–Kier alpha value is -1.02. The monoisotopic (exact) mass is 289 g/mol. The number of phenols is 1. The number of aliphatic hydroxyl groups is 1. The Labute approximate surface area is 131 Å². The van der Waals surface area contributed by atoms with Crippen LogP contribution in [0.5, 0.6) is 5.75 Å². The molecule has 0 amide bonds. The first-order valence-corrected chi connectivity index (χ1v) is 8.27. The summed E-state index contributed by atoms with van der Waals surface area (Å²) in [6.07, 6.45) is 5.49. The van der Waals surface area contributed by atoms with Crippen LogP contribution in [0.3, 0.4) is 0 Å². The first kappa shape index (κ1) is 10.7. The quantitative estimate of drug-likeness (QED) is 0.760. The first-order valence-electron chi connectivity index (χ1n) is 9.77. The van der Waals surface area contributed by atoms with Gasteiger partial charge in [-0.2, -0.15) is 0 Å². The lowest BCUT2D eigenvalue weighted by Gasteiger charge is -2.50. The van der Waals surface area contributed by atoms with Crippen LogP contribution >= 0.6 is 0 Å². The molecule has 0 radical (unpaired) electrons. The molecule has 2 nitrogen and oxygen atoms in total. The number of fused-ring (bicyclic) bond motifs is 5. The van der Waals surface area contributed by atoms with E-state index in [9.17, 15) is 10.2 Å². The summed E-state index contributed by atoms with van der Waals surface area (Å²) in [5, 5.41) is 20.6. The van der Waals surface area contributed by atoms with Gasteiger partial charge < -0.3 is 10.2 Å². The van der Waals surface area contributed by atoms with Gasteiger partial charge in [0.1, 0.15) is 5.75 Å². The Morgan fingerprint density at radius 2 is 2.10 bits per heavy atom. The fourth-order valence-corrected chi connectivity index (χ4v) is 5.63. The van der Waals surface area contributed by atoms with Crippen molar-refractivity contribution in [3.05, 3.63) is 28.8 Å². The van der Waals surface area contributed by atoms with Crippen molar-refractivity contribution in [1.82, 2.24) is 0 Å². The van der Waals surface area contributed by atoms with E-state index in [1.165, 1.54) is 0 Å². The lowest BCUT2D eigenvalue weighted by molar-refractivity contribution is -0.0226. The predicted molar refractivity (Wildman–Crippen MR) is 83.5 cm³/mol. The maximum Gasteiger partial charge on any atom is 0.118 e. The van der Waals surface area contributed by atoms with Crippen LogP contribution in [-0.2, 0) is 6.42 Å². The first-order chi connectivity index (χ1) is 11.2. The average Bonchev–Trinajstić information content (AvgIpc) is 2.81. The van der Waals surface area contributed by atoms with Crippen LogP contribution in [0.15, 0.2) is 12.1 Å². The van der Waals surface area contributed by atoms with Crippen LogP contribution in [0.25, 0.3) is 0 Å². The fourth-order valence-electron chi connectivity index (χ4n) is 5.63. The zero-order chi connectivity index (χ0) is 17.3. The lowest BCUT2D eigenvalue weighted by Crippen LogP contribution is -2.44. The molecule has 0 bridgehead atoms. The Balaban J connectivity index is 1.76. The van der Waals surface area contributed by atoms with Crippen molar-refractivity contribution in [2.24, 2.45) is 17.3 Å². The van der Waals surface area contributed by atoms with Gasteiger partial charge >= 0.3 is 0 Å². The molecule has 5 atom stereocenters. The van der Waals surface area contributed by atoms with Gasteiger partial charge in [-0.3, -0.25) is 0 Å². The molecule has 2 fully saturated rings. The molecule has 0 aliphatic heterocycles. The summed E-state index contributed by atoms with van der Waals surface area (Å²) in [7, 11) is 0. The minimum atomic E-state index is -2.27. The summed E-state index contributed by atoms with van der Waals surface area (Å²) < 4.78 is 23.4. The molecule has 2 N–H and O–H groups in total. The van der Waals surface area contributed by atoms with E-state index in [2.05, 4.69) is 6.92 Å². The number of hydrogen-bond donors (Lipinski definition) is 2. The van der Waals surface area contributed by atoms with Gasteiger partial charge in [-0.15, -0.1) is 0 Å². The van der Waals surface area contributed by atoms with Crippen molar-refractivity contribution in [3.8, 4) is 5.75 Å². The molecule has 0 saturated heterocycles. The highest BCUT2D eigenvalue weighted by atomic mass is 16.3. The number of aromatic hydroxyl groups is 1. The van der Waals surface area contributed by atoms with Gasteiger partial charge in [-0.1, -0.05) is 13.0 Å². The van der Waals surface area contributed by atoms with E-state index in [1.54, 1.807) is 6.07 Å². The summed E-state index contributed by atoms with van der Waals surface area (Å²) >= 11 is 0. The molecule has 0 spiro atoms. The Morgan fingerprint density at radius 1 is 1.24 bits per heavy atom. The average molecular weight is 289 g/mol. The molecule has 1 aromatic rings. The Kier molecular flexibility index (Phi) is 2.28. The Bertz CT molecular complexity index is 669. The molecule has 0 heterocycles. The minimum absolute atomic E-state index is 0.0302. The topological polar surface area (TPSA) is 40.5 Å². The molecule has 1 aromatic carbocycles. The largest absolute Gasteiger partial charge is 0.508 e. The zero-order valence-corrected chi connectivity index (χ0v) is 12.6. The number of aliphatic hydroxyl groups excluding tert-OH is 1. The van der Waals surface area contributed by atoms with E-state index in [0.717, 1.165) is 49.7 Å². The maximum absolute atomic E-state index is 10.4.